The molecule has 0 atom stereocenters. The molecule has 0 saturated heterocycles. The molecule has 1 aliphatic rings. The molecule has 0 radical (unpaired) electrons. The fourth-order valence-corrected chi connectivity index (χ4v) is 3.31. The molecule has 6 heteroatoms. The summed E-state index contributed by atoms with van der Waals surface area (Å²) in [6.45, 7) is -0.0318. The highest BCUT2D eigenvalue weighted by molar-refractivity contribution is 6.42. The van der Waals surface area contributed by atoms with Crippen molar-refractivity contribution in [3.05, 3.63) is 57.6 Å². The van der Waals surface area contributed by atoms with Gasteiger partial charge in [-0.05, 0) is 30.5 Å². The van der Waals surface area contributed by atoms with Gasteiger partial charge in [0.1, 0.15) is 5.82 Å². The van der Waals surface area contributed by atoms with Gasteiger partial charge in [0.25, 0.3) is 0 Å². The summed E-state index contributed by atoms with van der Waals surface area (Å²) in [7, 11) is 0. The third-order valence-electron chi connectivity index (χ3n) is 4.55. The Morgan fingerprint density at radius 3 is 2.39 bits per heavy atom. The van der Waals surface area contributed by atoms with Crippen LogP contribution in [0.2, 0.25) is 10.0 Å². The first-order valence-electron chi connectivity index (χ1n) is 7.54. The van der Waals surface area contributed by atoms with Crippen LogP contribution >= 0.6 is 23.2 Å². The zero-order valence-electron chi connectivity index (χ0n) is 12.6. The maximum absolute atomic E-state index is 11.5. The Morgan fingerprint density at radius 1 is 1.17 bits per heavy atom. The molecular formula is C17H17Cl2N3O. The number of carbonyl (C=O) groups excluding carboxylic acids is 1. The Kier molecular flexibility index (Phi) is 4.67. The van der Waals surface area contributed by atoms with E-state index >= 15 is 0 Å². The first-order chi connectivity index (χ1) is 11.0. The minimum absolute atomic E-state index is 0.00756. The average molecular weight is 350 g/mol. The van der Waals surface area contributed by atoms with Crippen molar-refractivity contribution in [3.63, 3.8) is 0 Å². The normalized spacial score (nSPS) is 16.0. The van der Waals surface area contributed by atoms with Crippen molar-refractivity contribution in [2.45, 2.75) is 31.1 Å². The number of hydrogen-bond donors (Lipinski definition) is 1. The SMILES string of the molecule is NCC(=O)c1cnc(CC2(c3ccc(Cl)c(Cl)c3)CCC2)nc1. The van der Waals surface area contributed by atoms with Crippen molar-refractivity contribution in [2.75, 3.05) is 6.54 Å². The van der Waals surface area contributed by atoms with Gasteiger partial charge in [-0.2, -0.15) is 0 Å². The summed E-state index contributed by atoms with van der Waals surface area (Å²) in [6, 6.07) is 5.80. The predicted molar refractivity (Wildman–Crippen MR) is 91.1 cm³/mol. The van der Waals surface area contributed by atoms with E-state index in [1.807, 2.05) is 18.2 Å². The molecule has 1 aliphatic carbocycles. The van der Waals surface area contributed by atoms with E-state index in [4.69, 9.17) is 28.9 Å². The molecule has 0 unspecified atom stereocenters. The summed E-state index contributed by atoms with van der Waals surface area (Å²) < 4.78 is 0. The molecule has 1 fully saturated rings. The molecule has 1 aromatic carbocycles. The zero-order chi connectivity index (χ0) is 16.4. The van der Waals surface area contributed by atoms with Gasteiger partial charge in [-0.1, -0.05) is 35.7 Å². The highest BCUT2D eigenvalue weighted by Crippen LogP contribution is 2.46. The number of carbonyl (C=O) groups is 1. The number of aromatic nitrogens is 2. The van der Waals surface area contributed by atoms with Gasteiger partial charge in [0.05, 0.1) is 22.2 Å². The van der Waals surface area contributed by atoms with Crippen molar-refractivity contribution >= 4 is 29.0 Å². The van der Waals surface area contributed by atoms with Gasteiger partial charge < -0.3 is 5.73 Å². The first-order valence-corrected chi connectivity index (χ1v) is 8.29. The number of Topliss-reactive ketones (excluding diaryl/α,β-unsaturated/α-hetero) is 1. The van der Waals surface area contributed by atoms with Crippen molar-refractivity contribution < 1.29 is 4.79 Å². The molecule has 0 amide bonds. The standard InChI is InChI=1S/C17H17Cl2N3O/c18-13-3-2-12(6-14(13)19)17(4-1-5-17)7-16-21-9-11(10-22-16)15(23)8-20/h2-3,6,9-10H,1,4-5,7-8,20H2. The van der Waals surface area contributed by atoms with Gasteiger partial charge in [-0.25, -0.2) is 9.97 Å². The minimum atomic E-state index is -0.153. The second kappa shape index (κ2) is 6.56. The first kappa shape index (κ1) is 16.4. The fraction of sp³-hybridized carbons (Fsp3) is 0.353. The summed E-state index contributed by atoms with van der Waals surface area (Å²) in [4.78, 5) is 20.2. The highest BCUT2D eigenvalue weighted by Gasteiger charge is 2.39. The number of halogens is 2. The number of benzene rings is 1. The number of hydrogen-bond acceptors (Lipinski definition) is 4. The van der Waals surface area contributed by atoms with Gasteiger partial charge in [-0.3, -0.25) is 4.79 Å². The van der Waals surface area contributed by atoms with Crippen LogP contribution in [0.3, 0.4) is 0 Å². The molecular weight excluding hydrogens is 333 g/mol. The van der Waals surface area contributed by atoms with E-state index in [1.165, 1.54) is 12.0 Å². The largest absolute Gasteiger partial charge is 0.324 e. The zero-order valence-corrected chi connectivity index (χ0v) is 14.1. The lowest BCUT2D eigenvalue weighted by molar-refractivity contribution is 0.100. The van der Waals surface area contributed by atoms with Crippen LogP contribution < -0.4 is 5.73 Å². The van der Waals surface area contributed by atoms with Crippen LogP contribution in [0, 0.1) is 0 Å². The van der Waals surface area contributed by atoms with Crippen LogP contribution in [0.25, 0.3) is 0 Å². The second-order valence-corrected chi connectivity index (χ2v) is 6.77. The van der Waals surface area contributed by atoms with Crippen LogP contribution in [0.1, 0.15) is 41.0 Å². The summed E-state index contributed by atoms with van der Waals surface area (Å²) in [6.07, 6.45) is 7.14. The van der Waals surface area contributed by atoms with E-state index in [0.717, 1.165) is 25.1 Å². The van der Waals surface area contributed by atoms with E-state index in [9.17, 15) is 4.79 Å². The Hall–Kier alpha value is -1.49. The Bertz CT molecular complexity index is 727. The van der Waals surface area contributed by atoms with Crippen LogP contribution in [0.5, 0.6) is 0 Å². The van der Waals surface area contributed by atoms with Crippen molar-refractivity contribution in [2.24, 2.45) is 5.73 Å². The topological polar surface area (TPSA) is 68.9 Å². The molecule has 0 aliphatic heterocycles. The monoisotopic (exact) mass is 349 g/mol. The summed E-state index contributed by atoms with van der Waals surface area (Å²) >= 11 is 12.2. The van der Waals surface area contributed by atoms with Gasteiger partial charge in [0.2, 0.25) is 0 Å². The maximum Gasteiger partial charge on any atom is 0.179 e. The lowest BCUT2D eigenvalue weighted by Gasteiger charge is -2.42. The van der Waals surface area contributed by atoms with Crippen LogP contribution in [0.15, 0.2) is 30.6 Å². The molecule has 1 saturated carbocycles. The van der Waals surface area contributed by atoms with E-state index in [0.29, 0.717) is 15.6 Å². The van der Waals surface area contributed by atoms with Crippen LogP contribution in [0.4, 0.5) is 0 Å². The van der Waals surface area contributed by atoms with E-state index in [1.54, 1.807) is 12.4 Å². The molecule has 3 rings (SSSR count). The van der Waals surface area contributed by atoms with Gasteiger partial charge in [0, 0.05) is 24.2 Å². The molecule has 2 N–H and O–H groups in total. The lowest BCUT2D eigenvalue weighted by Crippen LogP contribution is -2.37. The average Bonchev–Trinajstić information content (AvgIpc) is 2.53. The quantitative estimate of drug-likeness (QED) is 0.837. The Balaban J connectivity index is 1.84. The number of ketones is 1. The van der Waals surface area contributed by atoms with E-state index in [2.05, 4.69) is 9.97 Å². The van der Waals surface area contributed by atoms with Gasteiger partial charge in [-0.15, -0.1) is 0 Å². The summed E-state index contributed by atoms with van der Waals surface area (Å²) in [5, 5.41) is 1.13. The van der Waals surface area contributed by atoms with Crippen LogP contribution in [-0.4, -0.2) is 22.3 Å². The lowest BCUT2D eigenvalue weighted by atomic mass is 9.62. The third kappa shape index (κ3) is 3.25. The third-order valence-corrected chi connectivity index (χ3v) is 5.29. The predicted octanol–water partition coefficient (Wildman–Crippen LogP) is 3.59. The Labute approximate surface area is 145 Å². The van der Waals surface area contributed by atoms with Crippen LogP contribution in [-0.2, 0) is 11.8 Å². The molecule has 0 bridgehead atoms. The van der Waals surface area contributed by atoms with Gasteiger partial charge in [0.15, 0.2) is 5.78 Å². The molecule has 120 valence electrons. The number of nitrogens with two attached hydrogens (primary N) is 1. The molecule has 4 nitrogen and oxygen atoms in total. The highest BCUT2D eigenvalue weighted by atomic mass is 35.5. The number of rotatable bonds is 5. The van der Waals surface area contributed by atoms with Gasteiger partial charge >= 0.3 is 0 Å². The van der Waals surface area contributed by atoms with Crippen molar-refractivity contribution in [3.8, 4) is 0 Å². The summed E-state index contributed by atoms with van der Waals surface area (Å²) in [5.74, 6) is 0.573. The van der Waals surface area contributed by atoms with E-state index < -0.39 is 0 Å². The molecule has 0 spiro atoms. The fourth-order valence-electron chi connectivity index (χ4n) is 3.01. The van der Waals surface area contributed by atoms with Crippen molar-refractivity contribution in [1.29, 1.82) is 0 Å². The Morgan fingerprint density at radius 2 is 1.87 bits per heavy atom. The maximum atomic E-state index is 11.5. The molecule has 2 aromatic rings. The molecule has 1 heterocycles. The van der Waals surface area contributed by atoms with Crippen molar-refractivity contribution in [1.82, 2.24) is 9.97 Å². The smallest absolute Gasteiger partial charge is 0.179 e. The molecule has 23 heavy (non-hydrogen) atoms. The van der Waals surface area contributed by atoms with E-state index in [-0.39, 0.29) is 17.7 Å². The second-order valence-electron chi connectivity index (χ2n) is 5.95. The molecule has 1 aromatic heterocycles. The number of nitrogens with zero attached hydrogens (tertiary/aromatic N) is 2. The minimum Gasteiger partial charge on any atom is -0.324 e. The summed E-state index contributed by atoms with van der Waals surface area (Å²) in [5.41, 5.74) is 6.98.